The molecule has 1 saturated carbocycles. The van der Waals surface area contributed by atoms with Gasteiger partial charge in [-0.2, -0.15) is 5.10 Å². The van der Waals surface area contributed by atoms with Crippen LogP contribution < -0.4 is 5.56 Å². The number of imidazole rings is 1. The number of rotatable bonds is 3. The van der Waals surface area contributed by atoms with Gasteiger partial charge < -0.3 is 4.74 Å². The second-order valence-electron chi connectivity index (χ2n) is 6.89. The lowest BCUT2D eigenvalue weighted by molar-refractivity contribution is 0.0832. The van der Waals surface area contributed by atoms with Gasteiger partial charge in [-0.25, -0.2) is 9.50 Å². The summed E-state index contributed by atoms with van der Waals surface area (Å²) in [7, 11) is 0. The van der Waals surface area contributed by atoms with Crippen LogP contribution in [0.4, 0.5) is 0 Å². The highest BCUT2D eigenvalue weighted by molar-refractivity contribution is 5.42. The van der Waals surface area contributed by atoms with Crippen LogP contribution in [-0.4, -0.2) is 32.4 Å². The Labute approximate surface area is 135 Å². The zero-order chi connectivity index (χ0) is 15.6. The predicted molar refractivity (Wildman–Crippen MR) is 86.6 cm³/mol. The van der Waals surface area contributed by atoms with E-state index in [1.54, 1.807) is 21.6 Å². The van der Waals surface area contributed by atoms with Crippen molar-refractivity contribution < 1.29 is 4.74 Å². The number of ether oxygens (including phenoxy) is 1. The topological polar surface area (TPSA) is 61.4 Å². The molecule has 23 heavy (non-hydrogen) atoms. The summed E-state index contributed by atoms with van der Waals surface area (Å²) >= 11 is 0. The summed E-state index contributed by atoms with van der Waals surface area (Å²) in [4.78, 5) is 17.2. The normalized spacial score (nSPS) is 21.0. The fourth-order valence-corrected chi connectivity index (χ4v) is 3.95. The SMILES string of the molecule is O=c1c2cnc(C3CCOCC3)n2ncn1CC1CCCCC1. The van der Waals surface area contributed by atoms with E-state index in [-0.39, 0.29) is 5.56 Å². The van der Waals surface area contributed by atoms with Gasteiger partial charge in [0, 0.05) is 25.7 Å². The van der Waals surface area contributed by atoms with Crippen LogP contribution in [0, 0.1) is 5.92 Å². The number of nitrogens with zero attached hydrogens (tertiary/aromatic N) is 4. The minimum Gasteiger partial charge on any atom is -0.381 e. The average molecular weight is 316 g/mol. The van der Waals surface area contributed by atoms with Crippen molar-refractivity contribution in [2.24, 2.45) is 5.92 Å². The van der Waals surface area contributed by atoms with Crippen molar-refractivity contribution in [1.82, 2.24) is 19.2 Å². The van der Waals surface area contributed by atoms with Crippen LogP contribution in [0.5, 0.6) is 0 Å². The third kappa shape index (κ3) is 2.92. The maximum absolute atomic E-state index is 12.7. The Hall–Kier alpha value is -1.69. The fourth-order valence-electron chi connectivity index (χ4n) is 3.95. The molecule has 0 bridgehead atoms. The molecule has 124 valence electrons. The summed E-state index contributed by atoms with van der Waals surface area (Å²) in [5, 5.41) is 4.52. The molecule has 6 nitrogen and oxygen atoms in total. The molecular weight excluding hydrogens is 292 g/mol. The summed E-state index contributed by atoms with van der Waals surface area (Å²) in [6.45, 7) is 2.32. The van der Waals surface area contributed by atoms with Crippen LogP contribution in [0.1, 0.15) is 56.7 Å². The molecule has 1 saturated heterocycles. The molecule has 4 rings (SSSR count). The van der Waals surface area contributed by atoms with Gasteiger partial charge in [0.05, 0.1) is 6.20 Å². The van der Waals surface area contributed by atoms with E-state index in [1.165, 1.54) is 32.1 Å². The molecule has 2 fully saturated rings. The number of fused-ring (bicyclic) bond motifs is 1. The van der Waals surface area contributed by atoms with E-state index in [0.717, 1.165) is 38.4 Å². The summed E-state index contributed by atoms with van der Waals surface area (Å²) in [5.74, 6) is 1.86. The van der Waals surface area contributed by atoms with Gasteiger partial charge in [-0.05, 0) is 31.6 Å². The molecule has 1 aliphatic heterocycles. The van der Waals surface area contributed by atoms with Crippen molar-refractivity contribution in [2.75, 3.05) is 13.2 Å². The molecule has 0 spiro atoms. The minimum absolute atomic E-state index is 0.0383. The van der Waals surface area contributed by atoms with E-state index in [0.29, 0.717) is 17.4 Å². The standard InChI is InChI=1S/C17H24N4O2/c22-17-15-10-18-16(14-6-8-23-9-7-14)21(15)19-12-20(17)11-13-4-2-1-3-5-13/h10,12-14H,1-9,11H2. The molecule has 0 atom stereocenters. The molecule has 0 amide bonds. The first-order valence-electron chi connectivity index (χ1n) is 8.84. The van der Waals surface area contributed by atoms with Crippen molar-refractivity contribution >= 4 is 5.52 Å². The molecule has 2 aliphatic rings. The Balaban J connectivity index is 1.62. The maximum atomic E-state index is 12.7. The third-order valence-corrected chi connectivity index (χ3v) is 5.32. The average Bonchev–Trinajstić information content (AvgIpc) is 3.04. The van der Waals surface area contributed by atoms with Gasteiger partial charge in [0.2, 0.25) is 0 Å². The Kier molecular flexibility index (Phi) is 4.16. The zero-order valence-electron chi connectivity index (χ0n) is 13.5. The van der Waals surface area contributed by atoms with Gasteiger partial charge in [-0.1, -0.05) is 19.3 Å². The molecule has 0 unspecified atom stereocenters. The Morgan fingerprint density at radius 1 is 1.13 bits per heavy atom. The lowest BCUT2D eigenvalue weighted by Gasteiger charge is -2.22. The number of hydrogen-bond donors (Lipinski definition) is 0. The highest BCUT2D eigenvalue weighted by Crippen LogP contribution is 2.26. The second-order valence-corrected chi connectivity index (χ2v) is 6.89. The van der Waals surface area contributed by atoms with E-state index in [1.807, 2.05) is 0 Å². The smallest absolute Gasteiger partial charge is 0.279 e. The molecular formula is C17H24N4O2. The Morgan fingerprint density at radius 3 is 2.70 bits per heavy atom. The monoisotopic (exact) mass is 316 g/mol. The van der Waals surface area contributed by atoms with Crippen molar-refractivity contribution in [2.45, 2.75) is 57.4 Å². The molecule has 0 radical (unpaired) electrons. The highest BCUT2D eigenvalue weighted by Gasteiger charge is 2.22. The molecule has 0 N–H and O–H groups in total. The van der Waals surface area contributed by atoms with E-state index >= 15 is 0 Å². The summed E-state index contributed by atoms with van der Waals surface area (Å²) in [6.07, 6.45) is 11.7. The van der Waals surface area contributed by atoms with Gasteiger partial charge in [0.15, 0.2) is 5.52 Å². The van der Waals surface area contributed by atoms with Crippen molar-refractivity contribution in [3.8, 4) is 0 Å². The van der Waals surface area contributed by atoms with Gasteiger partial charge in [-0.15, -0.1) is 0 Å². The number of hydrogen-bond acceptors (Lipinski definition) is 4. The molecule has 1 aliphatic carbocycles. The third-order valence-electron chi connectivity index (χ3n) is 5.32. The van der Waals surface area contributed by atoms with E-state index in [9.17, 15) is 4.79 Å². The van der Waals surface area contributed by atoms with Crippen LogP contribution in [0.15, 0.2) is 17.3 Å². The van der Waals surface area contributed by atoms with E-state index < -0.39 is 0 Å². The van der Waals surface area contributed by atoms with E-state index in [2.05, 4.69) is 10.1 Å². The first-order chi connectivity index (χ1) is 11.3. The van der Waals surface area contributed by atoms with Crippen LogP contribution in [0.2, 0.25) is 0 Å². The Morgan fingerprint density at radius 2 is 1.91 bits per heavy atom. The van der Waals surface area contributed by atoms with Gasteiger partial charge >= 0.3 is 0 Å². The summed E-state index contributed by atoms with van der Waals surface area (Å²) in [5.41, 5.74) is 0.640. The Bertz CT molecular complexity index is 724. The van der Waals surface area contributed by atoms with Crippen molar-refractivity contribution in [3.05, 3.63) is 28.7 Å². The van der Waals surface area contributed by atoms with Crippen molar-refractivity contribution in [1.29, 1.82) is 0 Å². The largest absolute Gasteiger partial charge is 0.381 e. The molecule has 6 heteroatoms. The van der Waals surface area contributed by atoms with Gasteiger partial charge in [0.1, 0.15) is 12.2 Å². The van der Waals surface area contributed by atoms with Crippen molar-refractivity contribution in [3.63, 3.8) is 0 Å². The predicted octanol–water partition coefficient (Wildman–Crippen LogP) is 2.37. The fraction of sp³-hybridized carbons (Fsp3) is 0.706. The first-order valence-corrected chi connectivity index (χ1v) is 8.84. The highest BCUT2D eigenvalue weighted by atomic mass is 16.5. The van der Waals surface area contributed by atoms with Crippen LogP contribution in [-0.2, 0) is 11.3 Å². The lowest BCUT2D eigenvalue weighted by Crippen LogP contribution is -2.27. The van der Waals surface area contributed by atoms with Crippen LogP contribution >= 0.6 is 0 Å². The first kappa shape index (κ1) is 14.9. The summed E-state index contributed by atoms with van der Waals surface area (Å²) in [6, 6.07) is 0. The summed E-state index contributed by atoms with van der Waals surface area (Å²) < 4.78 is 8.94. The minimum atomic E-state index is 0.0383. The lowest BCUT2D eigenvalue weighted by atomic mass is 9.89. The molecule has 3 heterocycles. The maximum Gasteiger partial charge on any atom is 0.279 e. The quantitative estimate of drug-likeness (QED) is 0.872. The van der Waals surface area contributed by atoms with Crippen LogP contribution in [0.25, 0.3) is 5.52 Å². The van der Waals surface area contributed by atoms with Gasteiger partial charge in [-0.3, -0.25) is 9.36 Å². The van der Waals surface area contributed by atoms with Crippen LogP contribution in [0.3, 0.4) is 0 Å². The van der Waals surface area contributed by atoms with Gasteiger partial charge in [0.25, 0.3) is 5.56 Å². The van der Waals surface area contributed by atoms with E-state index in [4.69, 9.17) is 4.74 Å². The molecule has 2 aromatic rings. The zero-order valence-corrected chi connectivity index (χ0v) is 13.5. The number of aromatic nitrogens is 4. The second kappa shape index (κ2) is 6.43. The molecule has 0 aromatic carbocycles. The molecule has 2 aromatic heterocycles.